The summed E-state index contributed by atoms with van der Waals surface area (Å²) < 4.78 is 5.76. The van der Waals surface area contributed by atoms with Gasteiger partial charge in [-0.1, -0.05) is 12.1 Å². The molecule has 2 saturated heterocycles. The highest BCUT2D eigenvalue weighted by molar-refractivity contribution is 5.77. The highest BCUT2D eigenvalue weighted by Gasteiger charge is 2.31. The van der Waals surface area contributed by atoms with Crippen LogP contribution in [0.15, 0.2) is 18.2 Å². The Balaban J connectivity index is 1.54. The SMILES string of the molecule is Cc1ccc(C)c(OCC(=O)N2CC[C@@H]3CNC[C@@H]3CC2)c1. The zero-order chi connectivity index (χ0) is 15.5. The van der Waals surface area contributed by atoms with Crippen LogP contribution in [-0.2, 0) is 4.79 Å². The summed E-state index contributed by atoms with van der Waals surface area (Å²) >= 11 is 0. The van der Waals surface area contributed by atoms with Gasteiger partial charge in [-0.25, -0.2) is 0 Å². The molecule has 0 bridgehead atoms. The van der Waals surface area contributed by atoms with Gasteiger partial charge >= 0.3 is 0 Å². The number of amides is 1. The molecule has 1 amide bonds. The lowest BCUT2D eigenvalue weighted by Crippen LogP contribution is -2.36. The monoisotopic (exact) mass is 302 g/mol. The average molecular weight is 302 g/mol. The fourth-order valence-electron chi connectivity index (χ4n) is 3.56. The summed E-state index contributed by atoms with van der Waals surface area (Å²) in [5.41, 5.74) is 2.23. The molecule has 0 aromatic heterocycles. The molecule has 2 aliphatic heterocycles. The lowest BCUT2D eigenvalue weighted by Gasteiger charge is -2.21. The van der Waals surface area contributed by atoms with Crippen molar-refractivity contribution in [1.29, 1.82) is 0 Å². The van der Waals surface area contributed by atoms with Crippen LogP contribution in [0.25, 0.3) is 0 Å². The van der Waals surface area contributed by atoms with Crippen molar-refractivity contribution in [3.63, 3.8) is 0 Å². The first-order chi connectivity index (χ1) is 10.6. The predicted octanol–water partition coefficient (Wildman–Crippen LogP) is 2.14. The van der Waals surface area contributed by atoms with E-state index in [0.717, 1.165) is 67.7 Å². The van der Waals surface area contributed by atoms with Gasteiger partial charge in [0.15, 0.2) is 6.61 Å². The number of hydrogen-bond donors (Lipinski definition) is 1. The summed E-state index contributed by atoms with van der Waals surface area (Å²) in [7, 11) is 0. The topological polar surface area (TPSA) is 41.6 Å². The van der Waals surface area contributed by atoms with Crippen LogP contribution in [0.4, 0.5) is 0 Å². The molecule has 0 saturated carbocycles. The summed E-state index contributed by atoms with van der Waals surface area (Å²) in [6.45, 7) is 8.18. The first-order valence-electron chi connectivity index (χ1n) is 8.32. The molecule has 2 fully saturated rings. The molecule has 4 heteroatoms. The molecule has 4 nitrogen and oxygen atoms in total. The van der Waals surface area contributed by atoms with Crippen molar-refractivity contribution in [2.24, 2.45) is 11.8 Å². The van der Waals surface area contributed by atoms with Crippen molar-refractivity contribution in [1.82, 2.24) is 10.2 Å². The maximum absolute atomic E-state index is 12.4. The third-order valence-electron chi connectivity index (χ3n) is 5.07. The van der Waals surface area contributed by atoms with Crippen molar-refractivity contribution < 1.29 is 9.53 Å². The Kier molecular flexibility index (Phi) is 4.67. The third kappa shape index (κ3) is 3.43. The number of hydrogen-bond acceptors (Lipinski definition) is 3. The molecule has 2 aliphatic rings. The number of likely N-dealkylation sites (tertiary alicyclic amines) is 1. The third-order valence-corrected chi connectivity index (χ3v) is 5.07. The Morgan fingerprint density at radius 2 is 1.91 bits per heavy atom. The zero-order valence-electron chi connectivity index (χ0n) is 13.6. The van der Waals surface area contributed by atoms with E-state index < -0.39 is 0 Å². The maximum atomic E-state index is 12.4. The molecule has 120 valence electrons. The molecule has 3 rings (SSSR count). The van der Waals surface area contributed by atoms with Crippen LogP contribution in [0.2, 0.25) is 0 Å². The molecular weight excluding hydrogens is 276 g/mol. The standard InChI is InChI=1S/C18H26N2O2/c1-13-3-4-14(2)17(9-13)22-12-18(21)20-7-5-15-10-19-11-16(15)6-8-20/h3-4,9,15-16,19H,5-8,10-12H2,1-2H3/t15-,16+. The lowest BCUT2D eigenvalue weighted by atomic mass is 9.92. The van der Waals surface area contributed by atoms with Crippen molar-refractivity contribution in [2.45, 2.75) is 26.7 Å². The van der Waals surface area contributed by atoms with Gasteiger partial charge in [-0.2, -0.15) is 0 Å². The lowest BCUT2D eigenvalue weighted by molar-refractivity contribution is -0.133. The van der Waals surface area contributed by atoms with Crippen LogP contribution in [0.3, 0.4) is 0 Å². The van der Waals surface area contributed by atoms with E-state index in [1.54, 1.807) is 0 Å². The van der Waals surface area contributed by atoms with Crippen LogP contribution in [-0.4, -0.2) is 43.6 Å². The minimum absolute atomic E-state index is 0.119. The Bertz CT molecular complexity index is 530. The Labute approximate surface area is 132 Å². The molecule has 1 aromatic rings. The number of nitrogens with one attached hydrogen (secondary N) is 1. The van der Waals surface area contributed by atoms with E-state index in [9.17, 15) is 4.79 Å². The first-order valence-corrected chi connectivity index (χ1v) is 8.32. The number of benzene rings is 1. The van der Waals surface area contributed by atoms with Gasteiger partial charge in [0.05, 0.1) is 0 Å². The molecule has 0 aliphatic carbocycles. The summed E-state index contributed by atoms with van der Waals surface area (Å²) in [6, 6.07) is 6.10. The predicted molar refractivity (Wildman–Crippen MR) is 87.1 cm³/mol. The summed E-state index contributed by atoms with van der Waals surface area (Å²) in [4.78, 5) is 14.4. The second-order valence-electron chi connectivity index (χ2n) is 6.69. The van der Waals surface area contributed by atoms with Crippen LogP contribution in [0, 0.1) is 25.7 Å². The largest absolute Gasteiger partial charge is 0.483 e. The molecule has 1 N–H and O–H groups in total. The number of nitrogens with zero attached hydrogens (tertiary/aromatic N) is 1. The minimum atomic E-state index is 0.119. The van der Waals surface area contributed by atoms with Gasteiger partial charge in [0.25, 0.3) is 5.91 Å². The van der Waals surface area contributed by atoms with E-state index in [2.05, 4.69) is 11.4 Å². The minimum Gasteiger partial charge on any atom is -0.483 e. The summed E-state index contributed by atoms with van der Waals surface area (Å²) in [5.74, 6) is 2.44. The molecule has 22 heavy (non-hydrogen) atoms. The average Bonchev–Trinajstić information content (AvgIpc) is 2.86. The smallest absolute Gasteiger partial charge is 0.260 e. The van der Waals surface area contributed by atoms with Crippen molar-refractivity contribution in [3.05, 3.63) is 29.3 Å². The fraction of sp³-hybridized carbons (Fsp3) is 0.611. The summed E-state index contributed by atoms with van der Waals surface area (Å²) in [6.07, 6.45) is 2.24. The van der Waals surface area contributed by atoms with E-state index in [4.69, 9.17) is 4.74 Å². The molecule has 2 heterocycles. The maximum Gasteiger partial charge on any atom is 0.260 e. The van der Waals surface area contributed by atoms with Gasteiger partial charge in [0.2, 0.25) is 0 Å². The first kappa shape index (κ1) is 15.3. The highest BCUT2D eigenvalue weighted by Crippen LogP contribution is 2.27. The number of ether oxygens (including phenoxy) is 1. The molecule has 0 unspecified atom stereocenters. The van der Waals surface area contributed by atoms with Crippen LogP contribution in [0.5, 0.6) is 5.75 Å². The summed E-state index contributed by atoms with van der Waals surface area (Å²) in [5, 5.41) is 3.47. The normalized spacial score (nSPS) is 24.7. The van der Waals surface area contributed by atoms with Gasteiger partial charge in [0.1, 0.15) is 5.75 Å². The number of rotatable bonds is 3. The fourth-order valence-corrected chi connectivity index (χ4v) is 3.56. The molecule has 1 aromatic carbocycles. The molecule has 0 spiro atoms. The van der Waals surface area contributed by atoms with Crippen LogP contribution in [0.1, 0.15) is 24.0 Å². The number of fused-ring (bicyclic) bond motifs is 1. The highest BCUT2D eigenvalue weighted by atomic mass is 16.5. The van der Waals surface area contributed by atoms with E-state index >= 15 is 0 Å². The number of carbonyl (C=O) groups excluding carboxylic acids is 1. The van der Waals surface area contributed by atoms with E-state index in [-0.39, 0.29) is 12.5 Å². The van der Waals surface area contributed by atoms with Gasteiger partial charge in [0, 0.05) is 13.1 Å². The van der Waals surface area contributed by atoms with E-state index in [1.165, 1.54) is 0 Å². The zero-order valence-corrected chi connectivity index (χ0v) is 13.6. The van der Waals surface area contributed by atoms with Crippen molar-refractivity contribution >= 4 is 5.91 Å². The quantitative estimate of drug-likeness (QED) is 0.930. The van der Waals surface area contributed by atoms with Crippen LogP contribution >= 0.6 is 0 Å². The number of carbonyl (C=O) groups is 1. The van der Waals surface area contributed by atoms with Gasteiger partial charge in [-0.05, 0) is 68.8 Å². The van der Waals surface area contributed by atoms with Gasteiger partial charge < -0.3 is 15.0 Å². The number of aryl methyl sites for hydroxylation is 2. The van der Waals surface area contributed by atoms with Gasteiger partial charge in [-0.3, -0.25) is 4.79 Å². The molecule has 2 atom stereocenters. The second-order valence-corrected chi connectivity index (χ2v) is 6.69. The Morgan fingerprint density at radius 3 is 2.59 bits per heavy atom. The van der Waals surface area contributed by atoms with Crippen molar-refractivity contribution in [2.75, 3.05) is 32.8 Å². The second kappa shape index (κ2) is 6.69. The Morgan fingerprint density at radius 1 is 1.23 bits per heavy atom. The van der Waals surface area contributed by atoms with Gasteiger partial charge in [-0.15, -0.1) is 0 Å². The molecular formula is C18H26N2O2. The van der Waals surface area contributed by atoms with Crippen molar-refractivity contribution in [3.8, 4) is 5.75 Å². The van der Waals surface area contributed by atoms with Crippen LogP contribution < -0.4 is 10.1 Å². The Hall–Kier alpha value is -1.55. The van der Waals surface area contributed by atoms with E-state index in [1.807, 2.05) is 30.9 Å². The van der Waals surface area contributed by atoms with E-state index in [0.29, 0.717) is 0 Å². The molecule has 0 radical (unpaired) electrons.